The van der Waals surface area contributed by atoms with Crippen LogP contribution >= 0.6 is 0 Å². The van der Waals surface area contributed by atoms with Gasteiger partial charge < -0.3 is 10.1 Å². The van der Waals surface area contributed by atoms with E-state index in [0.29, 0.717) is 10.9 Å². The second-order valence-electron chi connectivity index (χ2n) is 5.05. The summed E-state index contributed by atoms with van der Waals surface area (Å²) in [6.07, 6.45) is 1.50. The summed E-state index contributed by atoms with van der Waals surface area (Å²) in [5.74, 6) is -0.809. The molecular weight excluding hydrogens is 298 g/mol. The number of aromatic nitrogens is 2. The van der Waals surface area contributed by atoms with E-state index in [4.69, 9.17) is 4.74 Å². The molecule has 23 heavy (non-hydrogen) atoms. The number of fused-ring (bicyclic) bond motifs is 1. The second kappa shape index (κ2) is 7.53. The third-order valence-electron chi connectivity index (χ3n) is 3.33. The van der Waals surface area contributed by atoms with E-state index in [-0.39, 0.29) is 31.0 Å². The Hall–Kier alpha value is -2.70. The number of nitrogens with one attached hydrogen (secondary N) is 1. The van der Waals surface area contributed by atoms with Crippen LogP contribution in [0.5, 0.6) is 0 Å². The molecule has 0 saturated heterocycles. The number of aryl methyl sites for hydroxylation is 1. The fourth-order valence-electron chi connectivity index (χ4n) is 2.13. The highest BCUT2D eigenvalue weighted by Gasteiger charge is 2.16. The Morgan fingerprint density at radius 1 is 1.35 bits per heavy atom. The SMILES string of the molecule is CCOC(=O)C(C)NC(=O)CCn1cnc2ccccc2c1=O. The number of para-hydroxylation sites is 1. The summed E-state index contributed by atoms with van der Waals surface area (Å²) in [6, 6.07) is 6.32. The van der Waals surface area contributed by atoms with Crippen molar-refractivity contribution in [1.82, 2.24) is 14.9 Å². The maximum Gasteiger partial charge on any atom is 0.328 e. The molecule has 0 fully saturated rings. The number of hydrogen-bond donors (Lipinski definition) is 1. The van der Waals surface area contributed by atoms with Gasteiger partial charge in [-0.1, -0.05) is 12.1 Å². The molecule has 122 valence electrons. The third-order valence-corrected chi connectivity index (χ3v) is 3.33. The Morgan fingerprint density at radius 2 is 2.09 bits per heavy atom. The molecule has 1 heterocycles. The van der Waals surface area contributed by atoms with Gasteiger partial charge in [-0.25, -0.2) is 9.78 Å². The van der Waals surface area contributed by atoms with Gasteiger partial charge in [0, 0.05) is 13.0 Å². The Bertz CT molecular complexity index is 769. The summed E-state index contributed by atoms with van der Waals surface area (Å²) < 4.78 is 6.20. The molecule has 7 nitrogen and oxygen atoms in total. The molecule has 2 aromatic rings. The number of esters is 1. The normalized spacial score (nSPS) is 11.9. The number of ether oxygens (including phenoxy) is 1. The Balaban J connectivity index is 1.98. The number of benzene rings is 1. The van der Waals surface area contributed by atoms with Gasteiger partial charge in [-0.3, -0.25) is 14.2 Å². The minimum atomic E-state index is -0.714. The first-order valence-corrected chi connectivity index (χ1v) is 7.43. The maximum atomic E-state index is 12.3. The van der Waals surface area contributed by atoms with Crippen molar-refractivity contribution in [2.24, 2.45) is 0 Å². The number of hydrogen-bond acceptors (Lipinski definition) is 5. The first-order valence-electron chi connectivity index (χ1n) is 7.43. The number of nitrogens with zero attached hydrogens (tertiary/aromatic N) is 2. The van der Waals surface area contributed by atoms with Gasteiger partial charge >= 0.3 is 5.97 Å². The lowest BCUT2D eigenvalue weighted by Crippen LogP contribution is -2.40. The number of carbonyl (C=O) groups excluding carboxylic acids is 2. The lowest BCUT2D eigenvalue weighted by molar-refractivity contribution is -0.146. The van der Waals surface area contributed by atoms with E-state index in [9.17, 15) is 14.4 Å². The molecule has 0 radical (unpaired) electrons. The van der Waals surface area contributed by atoms with Crippen molar-refractivity contribution in [3.8, 4) is 0 Å². The maximum absolute atomic E-state index is 12.3. The predicted octanol–water partition coefficient (Wildman–Crippen LogP) is 0.854. The third kappa shape index (κ3) is 4.15. The Kier molecular flexibility index (Phi) is 5.46. The molecule has 7 heteroatoms. The van der Waals surface area contributed by atoms with Crippen molar-refractivity contribution in [2.75, 3.05) is 6.61 Å². The van der Waals surface area contributed by atoms with Crippen LogP contribution in [0.1, 0.15) is 20.3 Å². The highest BCUT2D eigenvalue weighted by Crippen LogP contribution is 2.04. The largest absolute Gasteiger partial charge is 0.464 e. The molecule has 0 spiro atoms. The van der Waals surface area contributed by atoms with Crippen molar-refractivity contribution in [2.45, 2.75) is 32.9 Å². The number of rotatable bonds is 6. The standard InChI is InChI=1S/C16H19N3O4/c1-3-23-16(22)11(2)18-14(20)8-9-19-10-17-13-7-5-4-6-12(13)15(19)21/h4-7,10-11H,3,8-9H2,1-2H3,(H,18,20). The first-order chi connectivity index (χ1) is 11.0. The zero-order valence-electron chi connectivity index (χ0n) is 13.1. The first kappa shape index (κ1) is 16.7. The molecule has 0 aliphatic rings. The summed E-state index contributed by atoms with van der Waals surface area (Å²) in [6.45, 7) is 3.71. The monoisotopic (exact) mass is 317 g/mol. The fraction of sp³-hybridized carbons (Fsp3) is 0.375. The fourth-order valence-corrected chi connectivity index (χ4v) is 2.13. The summed E-state index contributed by atoms with van der Waals surface area (Å²) >= 11 is 0. The zero-order valence-corrected chi connectivity index (χ0v) is 13.1. The summed E-state index contributed by atoms with van der Waals surface area (Å²) in [5.41, 5.74) is 0.427. The molecule has 1 aromatic carbocycles. The van der Waals surface area contributed by atoms with E-state index in [1.54, 1.807) is 32.0 Å². The molecular formula is C16H19N3O4. The van der Waals surface area contributed by atoms with Crippen molar-refractivity contribution < 1.29 is 14.3 Å². The van der Waals surface area contributed by atoms with Crippen LogP contribution in [0.4, 0.5) is 0 Å². The van der Waals surface area contributed by atoms with Crippen LogP contribution in [0.15, 0.2) is 35.4 Å². The minimum absolute atomic E-state index is 0.0731. The molecule has 0 aliphatic heterocycles. The molecule has 1 aromatic heterocycles. The van der Waals surface area contributed by atoms with Crippen LogP contribution in [0.2, 0.25) is 0 Å². The van der Waals surface area contributed by atoms with Gasteiger partial charge in [0.15, 0.2) is 0 Å². The summed E-state index contributed by atoms with van der Waals surface area (Å²) in [4.78, 5) is 39.8. The predicted molar refractivity (Wildman–Crippen MR) is 84.9 cm³/mol. The highest BCUT2D eigenvalue weighted by molar-refractivity contribution is 5.84. The molecule has 0 aliphatic carbocycles. The molecule has 1 amide bonds. The van der Waals surface area contributed by atoms with E-state index in [2.05, 4.69) is 10.3 Å². The average Bonchev–Trinajstić information content (AvgIpc) is 2.54. The second-order valence-corrected chi connectivity index (χ2v) is 5.05. The van der Waals surface area contributed by atoms with Crippen LogP contribution in [0, 0.1) is 0 Å². The molecule has 0 saturated carbocycles. The van der Waals surface area contributed by atoms with Crippen molar-refractivity contribution in [1.29, 1.82) is 0 Å². The topological polar surface area (TPSA) is 90.3 Å². The molecule has 0 bridgehead atoms. The van der Waals surface area contributed by atoms with Crippen molar-refractivity contribution in [3.05, 3.63) is 40.9 Å². The van der Waals surface area contributed by atoms with E-state index < -0.39 is 12.0 Å². The summed E-state index contributed by atoms with van der Waals surface area (Å²) in [7, 11) is 0. The van der Waals surface area contributed by atoms with E-state index in [1.807, 2.05) is 6.07 Å². The highest BCUT2D eigenvalue weighted by atomic mass is 16.5. The van der Waals surface area contributed by atoms with Crippen LogP contribution in [0.25, 0.3) is 10.9 Å². The van der Waals surface area contributed by atoms with Gasteiger partial charge in [0.25, 0.3) is 5.56 Å². The van der Waals surface area contributed by atoms with Gasteiger partial charge in [0.2, 0.25) is 5.91 Å². The average molecular weight is 317 g/mol. The van der Waals surface area contributed by atoms with Gasteiger partial charge in [-0.05, 0) is 26.0 Å². The zero-order chi connectivity index (χ0) is 16.8. The molecule has 2 rings (SSSR count). The van der Waals surface area contributed by atoms with Crippen LogP contribution in [-0.2, 0) is 20.9 Å². The molecule has 1 atom stereocenters. The smallest absolute Gasteiger partial charge is 0.328 e. The molecule has 1 N–H and O–H groups in total. The number of carbonyl (C=O) groups is 2. The van der Waals surface area contributed by atoms with Gasteiger partial charge in [0.05, 0.1) is 23.8 Å². The van der Waals surface area contributed by atoms with Gasteiger partial charge in [-0.15, -0.1) is 0 Å². The van der Waals surface area contributed by atoms with Crippen molar-refractivity contribution in [3.63, 3.8) is 0 Å². The quantitative estimate of drug-likeness (QED) is 0.798. The molecule has 1 unspecified atom stereocenters. The minimum Gasteiger partial charge on any atom is -0.464 e. The lowest BCUT2D eigenvalue weighted by atomic mass is 10.2. The van der Waals surface area contributed by atoms with Crippen LogP contribution < -0.4 is 10.9 Å². The Labute approximate surface area is 133 Å². The lowest BCUT2D eigenvalue weighted by Gasteiger charge is -2.13. The van der Waals surface area contributed by atoms with E-state index in [1.165, 1.54) is 10.9 Å². The van der Waals surface area contributed by atoms with Gasteiger partial charge in [-0.2, -0.15) is 0 Å². The van der Waals surface area contributed by atoms with E-state index in [0.717, 1.165) is 0 Å². The van der Waals surface area contributed by atoms with Gasteiger partial charge in [0.1, 0.15) is 6.04 Å². The van der Waals surface area contributed by atoms with Crippen molar-refractivity contribution >= 4 is 22.8 Å². The van der Waals surface area contributed by atoms with E-state index >= 15 is 0 Å². The van der Waals surface area contributed by atoms with Crippen LogP contribution in [0.3, 0.4) is 0 Å². The summed E-state index contributed by atoms with van der Waals surface area (Å²) in [5, 5.41) is 3.05. The van der Waals surface area contributed by atoms with Crippen LogP contribution in [-0.4, -0.2) is 34.1 Å². The Morgan fingerprint density at radius 3 is 2.83 bits per heavy atom. The number of amides is 1.